The van der Waals surface area contributed by atoms with E-state index in [1.165, 1.54) is 11.3 Å². The first kappa shape index (κ1) is 18.8. The van der Waals surface area contributed by atoms with Gasteiger partial charge in [-0.3, -0.25) is 4.79 Å². The van der Waals surface area contributed by atoms with Gasteiger partial charge < -0.3 is 14.8 Å². The molecule has 2 atom stereocenters. The van der Waals surface area contributed by atoms with Crippen molar-refractivity contribution in [2.45, 2.75) is 32.6 Å². The lowest BCUT2D eigenvalue weighted by Crippen LogP contribution is -2.48. The van der Waals surface area contributed by atoms with Gasteiger partial charge in [-0.15, -0.1) is 11.3 Å². The molecular formula is C21H19ClN2O3S. The minimum atomic E-state index is -0.703. The average Bonchev–Trinajstić information content (AvgIpc) is 3.06. The Morgan fingerprint density at radius 1 is 1.14 bits per heavy atom. The first-order chi connectivity index (χ1) is 13.5. The third-order valence-electron chi connectivity index (χ3n) is 4.52. The topological polar surface area (TPSA) is 60.5 Å². The maximum absolute atomic E-state index is 12.7. The molecule has 0 bridgehead atoms. The lowest BCUT2D eigenvalue weighted by Gasteiger charge is -2.30. The molecule has 28 heavy (non-hydrogen) atoms. The zero-order chi connectivity index (χ0) is 19.7. The summed E-state index contributed by atoms with van der Waals surface area (Å²) in [5, 5.41) is 4.44. The number of rotatable bonds is 4. The molecule has 0 saturated carbocycles. The molecule has 1 aliphatic heterocycles. The SMILES string of the molecule is Cc1nc(-c2ccccc2Cl)sc1CNC(=O)C1Oc2ccccc2OC1C. The van der Waals surface area contributed by atoms with E-state index in [1.807, 2.05) is 56.3 Å². The Balaban J connectivity index is 1.45. The summed E-state index contributed by atoms with van der Waals surface area (Å²) in [6.07, 6.45) is -1.08. The van der Waals surface area contributed by atoms with E-state index in [4.69, 9.17) is 21.1 Å². The van der Waals surface area contributed by atoms with Gasteiger partial charge in [-0.1, -0.05) is 41.9 Å². The highest BCUT2D eigenvalue weighted by molar-refractivity contribution is 7.15. The van der Waals surface area contributed by atoms with Crippen LogP contribution in [-0.2, 0) is 11.3 Å². The van der Waals surface area contributed by atoms with Gasteiger partial charge in [0.2, 0.25) is 6.10 Å². The molecular weight excluding hydrogens is 396 g/mol. The van der Waals surface area contributed by atoms with Gasteiger partial charge in [0, 0.05) is 10.4 Å². The summed E-state index contributed by atoms with van der Waals surface area (Å²) in [5.41, 5.74) is 1.77. The lowest BCUT2D eigenvalue weighted by atomic mass is 10.1. The summed E-state index contributed by atoms with van der Waals surface area (Å²) in [5.74, 6) is 1.02. The van der Waals surface area contributed by atoms with Crippen molar-refractivity contribution < 1.29 is 14.3 Å². The summed E-state index contributed by atoms with van der Waals surface area (Å²) in [6.45, 7) is 4.13. The number of aromatic nitrogens is 1. The van der Waals surface area contributed by atoms with Crippen molar-refractivity contribution in [2.75, 3.05) is 0 Å². The van der Waals surface area contributed by atoms with Crippen molar-refractivity contribution in [3.8, 4) is 22.1 Å². The molecule has 2 aromatic carbocycles. The van der Waals surface area contributed by atoms with Crippen LogP contribution in [0.4, 0.5) is 0 Å². The number of carbonyl (C=O) groups excluding carboxylic acids is 1. The van der Waals surface area contributed by atoms with Crippen LogP contribution in [0.15, 0.2) is 48.5 Å². The summed E-state index contributed by atoms with van der Waals surface area (Å²) >= 11 is 7.80. The van der Waals surface area contributed by atoms with Gasteiger partial charge in [-0.2, -0.15) is 0 Å². The predicted octanol–water partition coefficient (Wildman–Crippen LogP) is 4.62. The molecule has 0 radical (unpaired) electrons. The Morgan fingerprint density at radius 3 is 2.57 bits per heavy atom. The van der Waals surface area contributed by atoms with Gasteiger partial charge in [-0.05, 0) is 32.0 Å². The van der Waals surface area contributed by atoms with Crippen molar-refractivity contribution in [3.05, 3.63) is 64.1 Å². The molecule has 3 aromatic rings. The summed E-state index contributed by atoms with van der Waals surface area (Å²) < 4.78 is 11.7. The third-order valence-corrected chi connectivity index (χ3v) is 6.04. The van der Waals surface area contributed by atoms with Crippen molar-refractivity contribution in [1.29, 1.82) is 0 Å². The highest BCUT2D eigenvalue weighted by Crippen LogP contribution is 2.34. The van der Waals surface area contributed by atoms with Crippen molar-refractivity contribution >= 4 is 28.8 Å². The standard InChI is InChI=1S/C21H19ClN2O3S/c1-12-18(28-21(24-12)14-7-3-4-8-15(14)22)11-23-20(25)19-13(2)26-16-9-5-6-10-17(16)27-19/h3-10,13,19H,11H2,1-2H3,(H,23,25). The number of thiazole rings is 1. The van der Waals surface area contributed by atoms with Crippen LogP contribution in [0.5, 0.6) is 11.5 Å². The zero-order valence-corrected chi connectivity index (χ0v) is 17.0. The van der Waals surface area contributed by atoms with Crippen LogP contribution >= 0.6 is 22.9 Å². The first-order valence-corrected chi connectivity index (χ1v) is 10.1. The van der Waals surface area contributed by atoms with Crippen LogP contribution in [0.2, 0.25) is 5.02 Å². The van der Waals surface area contributed by atoms with Crippen molar-refractivity contribution in [2.24, 2.45) is 0 Å². The first-order valence-electron chi connectivity index (χ1n) is 8.94. The number of nitrogens with one attached hydrogen (secondary N) is 1. The van der Waals surface area contributed by atoms with Crippen LogP contribution in [0.25, 0.3) is 10.6 Å². The van der Waals surface area contributed by atoms with Crippen molar-refractivity contribution in [3.63, 3.8) is 0 Å². The average molecular weight is 415 g/mol. The molecule has 1 aliphatic rings. The molecule has 144 valence electrons. The summed E-state index contributed by atoms with van der Waals surface area (Å²) in [6, 6.07) is 15.0. The Morgan fingerprint density at radius 2 is 1.82 bits per heavy atom. The summed E-state index contributed by atoms with van der Waals surface area (Å²) in [7, 11) is 0. The largest absolute Gasteiger partial charge is 0.482 e. The fourth-order valence-electron chi connectivity index (χ4n) is 3.02. The van der Waals surface area contributed by atoms with E-state index >= 15 is 0 Å². The smallest absolute Gasteiger partial charge is 0.265 e. The molecule has 0 saturated heterocycles. The number of benzene rings is 2. The van der Waals surface area contributed by atoms with Gasteiger partial charge in [0.05, 0.1) is 17.3 Å². The normalized spacial score (nSPS) is 18.0. The van der Waals surface area contributed by atoms with E-state index in [-0.39, 0.29) is 12.0 Å². The van der Waals surface area contributed by atoms with E-state index < -0.39 is 6.10 Å². The fourth-order valence-corrected chi connectivity index (χ4v) is 4.34. The van der Waals surface area contributed by atoms with Gasteiger partial charge in [0.15, 0.2) is 11.5 Å². The molecule has 1 N–H and O–H groups in total. The fraction of sp³-hybridized carbons (Fsp3) is 0.238. The molecule has 2 unspecified atom stereocenters. The van der Waals surface area contributed by atoms with Crippen LogP contribution in [0.1, 0.15) is 17.5 Å². The second kappa shape index (κ2) is 7.81. The van der Waals surface area contributed by atoms with E-state index in [1.54, 1.807) is 6.07 Å². The second-order valence-electron chi connectivity index (χ2n) is 6.53. The molecule has 5 nitrogen and oxygen atoms in total. The second-order valence-corrected chi connectivity index (χ2v) is 8.02. The minimum Gasteiger partial charge on any atom is -0.482 e. The maximum atomic E-state index is 12.7. The molecule has 0 fully saturated rings. The molecule has 0 aliphatic carbocycles. The Bertz CT molecular complexity index is 1020. The zero-order valence-electron chi connectivity index (χ0n) is 15.4. The number of hydrogen-bond donors (Lipinski definition) is 1. The number of ether oxygens (including phenoxy) is 2. The maximum Gasteiger partial charge on any atom is 0.265 e. The van der Waals surface area contributed by atoms with E-state index in [2.05, 4.69) is 10.3 Å². The predicted molar refractivity (Wildman–Crippen MR) is 110 cm³/mol. The van der Waals surface area contributed by atoms with Gasteiger partial charge in [0.25, 0.3) is 5.91 Å². The Labute approximate surface area is 172 Å². The summed E-state index contributed by atoms with van der Waals surface area (Å²) in [4.78, 5) is 18.3. The van der Waals surface area contributed by atoms with Crippen LogP contribution in [0.3, 0.4) is 0 Å². The molecule has 7 heteroatoms. The Kier molecular flexibility index (Phi) is 5.24. The molecule has 1 aromatic heterocycles. The lowest BCUT2D eigenvalue weighted by molar-refractivity contribution is -0.133. The third kappa shape index (κ3) is 3.70. The number of fused-ring (bicyclic) bond motifs is 1. The highest BCUT2D eigenvalue weighted by Gasteiger charge is 2.34. The highest BCUT2D eigenvalue weighted by atomic mass is 35.5. The number of para-hydroxylation sites is 2. The van der Waals surface area contributed by atoms with E-state index in [0.717, 1.165) is 21.1 Å². The number of amides is 1. The number of halogens is 1. The van der Waals surface area contributed by atoms with E-state index in [0.29, 0.717) is 23.1 Å². The monoisotopic (exact) mass is 414 g/mol. The van der Waals surface area contributed by atoms with Crippen LogP contribution < -0.4 is 14.8 Å². The molecule has 0 spiro atoms. The quantitative estimate of drug-likeness (QED) is 0.676. The minimum absolute atomic E-state index is 0.214. The van der Waals surface area contributed by atoms with Gasteiger partial charge >= 0.3 is 0 Å². The van der Waals surface area contributed by atoms with Gasteiger partial charge in [-0.25, -0.2) is 4.98 Å². The molecule has 2 heterocycles. The van der Waals surface area contributed by atoms with Crippen LogP contribution in [0, 0.1) is 6.92 Å². The number of aryl methyl sites for hydroxylation is 1. The molecule has 1 amide bonds. The molecule has 4 rings (SSSR count). The number of carbonyl (C=O) groups is 1. The van der Waals surface area contributed by atoms with Gasteiger partial charge in [0.1, 0.15) is 11.1 Å². The van der Waals surface area contributed by atoms with E-state index in [9.17, 15) is 4.79 Å². The number of hydrogen-bond acceptors (Lipinski definition) is 5. The van der Waals surface area contributed by atoms with Crippen LogP contribution in [-0.4, -0.2) is 23.1 Å². The van der Waals surface area contributed by atoms with Crippen molar-refractivity contribution in [1.82, 2.24) is 10.3 Å². The number of nitrogens with zero attached hydrogens (tertiary/aromatic N) is 1. The Hall–Kier alpha value is -2.57.